The van der Waals surface area contributed by atoms with Gasteiger partial charge in [-0.05, 0) is 28.3 Å². The summed E-state index contributed by atoms with van der Waals surface area (Å²) >= 11 is 0. The predicted octanol–water partition coefficient (Wildman–Crippen LogP) is 7.02. The molecule has 2 heterocycles. The Hall–Kier alpha value is -7.65. The maximum Gasteiger partial charge on any atom is 0.270 e. The van der Waals surface area contributed by atoms with E-state index in [1.807, 2.05) is 0 Å². The lowest BCUT2D eigenvalue weighted by molar-refractivity contribution is 0.404. The molecule has 17 heteroatoms. The van der Waals surface area contributed by atoms with Crippen LogP contribution in [0.25, 0.3) is 48.1 Å². The van der Waals surface area contributed by atoms with Crippen LogP contribution >= 0.6 is 0 Å². The molecular formula is C31HF8N9. The Kier molecular flexibility index (Phi) is 7.52. The number of benzene rings is 1. The minimum atomic E-state index is -2.21. The molecule has 1 aromatic carbocycles. The minimum Gasteiger partial charge on any atom is -0.237 e. The third-order valence-electron chi connectivity index (χ3n) is 7.08. The SMILES string of the molecule is [C-]#[N+]C1=C(c2c(F)c(F)nc(F)c2F)/C(=C(/C#N)[N+]#[C-])c2cc3c(c(C#N)c21)/C(=C(/C#N)[N+]#[C-])C(c1c(F)c(F)nc(F)c1F)=C3C#N. The fraction of sp³-hybridized carbons (Fsp3) is 0. The summed E-state index contributed by atoms with van der Waals surface area (Å²) in [5.74, 6) is -17.6. The van der Waals surface area contributed by atoms with Gasteiger partial charge in [-0.2, -0.15) is 38.1 Å². The molecule has 0 radical (unpaired) electrons. The van der Waals surface area contributed by atoms with Crippen LogP contribution in [0.15, 0.2) is 17.5 Å². The summed E-state index contributed by atoms with van der Waals surface area (Å²) in [6.45, 7) is 22.7. The Balaban J connectivity index is 2.10. The average Bonchev–Trinajstić information content (AvgIpc) is 3.56. The van der Waals surface area contributed by atoms with Crippen LogP contribution in [0, 0.1) is 112 Å². The molecule has 5 rings (SSSR count). The number of allylic oxidation sites excluding steroid dienone is 7. The van der Waals surface area contributed by atoms with Crippen molar-refractivity contribution in [3.8, 4) is 24.3 Å². The molecule has 0 atom stereocenters. The maximum atomic E-state index is 15.2. The second-order valence-corrected chi connectivity index (χ2v) is 9.19. The zero-order chi connectivity index (χ0) is 35.4. The highest BCUT2D eigenvalue weighted by Crippen LogP contribution is 2.57. The Morgan fingerprint density at radius 1 is 0.583 bits per heavy atom. The Bertz CT molecular complexity index is 2480. The first-order valence-electron chi connectivity index (χ1n) is 12.2. The molecule has 2 aliphatic carbocycles. The molecule has 2 aliphatic rings. The number of hydrogen-bond donors (Lipinski definition) is 0. The van der Waals surface area contributed by atoms with Gasteiger partial charge < -0.3 is 0 Å². The summed E-state index contributed by atoms with van der Waals surface area (Å²) < 4.78 is 118. The van der Waals surface area contributed by atoms with Crippen molar-refractivity contribution in [3.63, 3.8) is 0 Å². The highest BCUT2D eigenvalue weighted by Gasteiger charge is 2.43. The van der Waals surface area contributed by atoms with Crippen molar-refractivity contribution in [2.75, 3.05) is 0 Å². The van der Waals surface area contributed by atoms with E-state index in [9.17, 15) is 38.6 Å². The van der Waals surface area contributed by atoms with Crippen LogP contribution in [0.4, 0.5) is 35.1 Å². The molecule has 48 heavy (non-hydrogen) atoms. The van der Waals surface area contributed by atoms with E-state index in [-0.39, 0.29) is 0 Å². The Labute approximate surface area is 261 Å². The smallest absolute Gasteiger partial charge is 0.237 e. The first-order chi connectivity index (χ1) is 22.9. The summed E-state index contributed by atoms with van der Waals surface area (Å²) in [5.41, 5.74) is -15.1. The minimum absolute atomic E-state index is 0.627. The molecule has 0 spiro atoms. The Morgan fingerprint density at radius 3 is 1.44 bits per heavy atom. The number of hydrogen-bond acceptors (Lipinski definition) is 6. The second-order valence-electron chi connectivity index (χ2n) is 9.19. The molecule has 0 fully saturated rings. The molecule has 2 aromatic heterocycles. The van der Waals surface area contributed by atoms with Crippen molar-refractivity contribution < 1.29 is 35.1 Å². The van der Waals surface area contributed by atoms with Crippen LogP contribution < -0.4 is 0 Å². The third-order valence-corrected chi connectivity index (χ3v) is 7.08. The predicted molar refractivity (Wildman–Crippen MR) is 143 cm³/mol. The van der Waals surface area contributed by atoms with Crippen molar-refractivity contribution in [2.45, 2.75) is 0 Å². The molecule has 226 valence electrons. The summed E-state index contributed by atoms with van der Waals surface area (Å²) in [4.78, 5) is 13.9. The van der Waals surface area contributed by atoms with Gasteiger partial charge in [0, 0.05) is 22.3 Å². The van der Waals surface area contributed by atoms with Crippen molar-refractivity contribution >= 4 is 33.6 Å². The van der Waals surface area contributed by atoms with Gasteiger partial charge in [0.2, 0.25) is 5.70 Å². The lowest BCUT2D eigenvalue weighted by Gasteiger charge is -2.15. The lowest BCUT2D eigenvalue weighted by Crippen LogP contribution is -2.07. The van der Waals surface area contributed by atoms with E-state index in [4.69, 9.17) is 19.7 Å². The van der Waals surface area contributed by atoms with Crippen molar-refractivity contribution in [3.05, 3.63) is 138 Å². The summed E-state index contributed by atoms with van der Waals surface area (Å²) in [5, 5.41) is 40.1. The zero-order valence-electron chi connectivity index (χ0n) is 22.6. The van der Waals surface area contributed by atoms with Gasteiger partial charge in [0.05, 0.1) is 60.2 Å². The summed E-state index contributed by atoms with van der Waals surface area (Å²) in [6.07, 6.45) is 0. The van der Waals surface area contributed by atoms with E-state index in [1.54, 1.807) is 6.07 Å². The van der Waals surface area contributed by atoms with E-state index in [0.29, 0.717) is 0 Å². The van der Waals surface area contributed by atoms with Crippen LogP contribution in [0.1, 0.15) is 38.9 Å². The first kappa shape index (κ1) is 31.8. The second kappa shape index (κ2) is 11.4. The highest BCUT2D eigenvalue weighted by atomic mass is 19.2. The molecule has 0 bridgehead atoms. The van der Waals surface area contributed by atoms with Crippen LogP contribution in [0.5, 0.6) is 0 Å². The first-order valence-corrected chi connectivity index (χ1v) is 12.2. The van der Waals surface area contributed by atoms with Crippen molar-refractivity contribution in [1.82, 2.24) is 9.97 Å². The molecule has 0 amide bonds. The number of halogens is 8. The topological polar surface area (TPSA) is 134 Å². The zero-order valence-corrected chi connectivity index (χ0v) is 22.6. The molecular weight excluding hydrogens is 650 g/mol. The van der Waals surface area contributed by atoms with Gasteiger partial charge in [0.1, 0.15) is 6.07 Å². The lowest BCUT2D eigenvalue weighted by atomic mass is 9.87. The van der Waals surface area contributed by atoms with Gasteiger partial charge in [-0.1, -0.05) is 0 Å². The monoisotopic (exact) mass is 651 g/mol. The quantitative estimate of drug-likeness (QED) is 0.127. The van der Waals surface area contributed by atoms with E-state index >= 15 is 17.6 Å². The molecule has 0 N–H and O–H groups in total. The normalized spacial score (nSPS) is 14.9. The Morgan fingerprint density at radius 2 is 1.04 bits per heavy atom. The van der Waals surface area contributed by atoms with Crippen molar-refractivity contribution in [1.29, 1.82) is 21.0 Å². The maximum absolute atomic E-state index is 15.2. The van der Waals surface area contributed by atoms with Gasteiger partial charge in [-0.15, -0.1) is 0 Å². The van der Waals surface area contributed by atoms with Gasteiger partial charge in [-0.3, -0.25) is 0 Å². The van der Waals surface area contributed by atoms with Crippen molar-refractivity contribution in [2.24, 2.45) is 0 Å². The third kappa shape index (κ3) is 4.09. The number of nitriles is 4. The summed E-state index contributed by atoms with van der Waals surface area (Å²) in [6, 6.07) is 6.58. The van der Waals surface area contributed by atoms with Gasteiger partial charge in [0.15, 0.2) is 23.3 Å². The number of rotatable bonds is 2. The van der Waals surface area contributed by atoms with E-state index in [1.165, 1.54) is 18.2 Å². The highest BCUT2D eigenvalue weighted by molar-refractivity contribution is 6.30. The van der Waals surface area contributed by atoms with Gasteiger partial charge >= 0.3 is 0 Å². The standard InChI is InChI=1S/C31HF8N9/c1-44-13(7-42)17-10-4-9-11(5-40)18(21-23(32)28(36)47-29(37)24(21)33)19(14(8-43)45-2)15(9)12(6-41)16(10)27(46-3)20(17)22-25(34)30(38)48-31(39)26(22)35/h4H/b17-13-,19-14+. The van der Waals surface area contributed by atoms with E-state index < -0.39 is 131 Å². The molecule has 0 saturated carbocycles. The van der Waals surface area contributed by atoms with Crippen LogP contribution in [-0.4, -0.2) is 9.97 Å². The molecule has 9 nitrogen and oxygen atoms in total. The fourth-order valence-electron chi connectivity index (χ4n) is 5.35. The van der Waals surface area contributed by atoms with Gasteiger partial charge in [0.25, 0.3) is 35.2 Å². The number of pyridine rings is 2. The molecule has 0 saturated heterocycles. The molecule has 0 aliphatic heterocycles. The number of aromatic nitrogens is 2. The summed E-state index contributed by atoms with van der Waals surface area (Å²) in [7, 11) is 0. The van der Waals surface area contributed by atoms with Gasteiger partial charge in [-0.25, -0.2) is 42.6 Å². The number of fused-ring (bicyclic) bond motifs is 2. The number of nitrogens with zero attached hydrogens (tertiary/aromatic N) is 9. The fourth-order valence-corrected chi connectivity index (χ4v) is 5.35. The van der Waals surface area contributed by atoms with E-state index in [0.717, 1.165) is 6.07 Å². The van der Waals surface area contributed by atoms with Crippen LogP contribution in [-0.2, 0) is 0 Å². The largest absolute Gasteiger partial charge is 0.270 e. The average molecular weight is 651 g/mol. The molecule has 3 aromatic rings. The van der Waals surface area contributed by atoms with Crippen LogP contribution in [0.2, 0.25) is 0 Å². The molecule has 0 unspecified atom stereocenters. The van der Waals surface area contributed by atoms with E-state index in [2.05, 4.69) is 24.5 Å². The van der Waals surface area contributed by atoms with Crippen LogP contribution in [0.3, 0.4) is 0 Å².